The SMILES string of the molecule is O=S(=O)(NCC1CO1)c1ccccc1. The minimum Gasteiger partial charge on any atom is -0.372 e. The average Bonchev–Trinajstić information content (AvgIpc) is 3.00. The minimum atomic E-state index is -3.35. The van der Waals surface area contributed by atoms with Crippen molar-refractivity contribution in [3.8, 4) is 0 Å². The summed E-state index contributed by atoms with van der Waals surface area (Å²) in [5.74, 6) is 0. The number of nitrogens with one attached hydrogen (secondary N) is 1. The van der Waals surface area contributed by atoms with Crippen molar-refractivity contribution in [1.82, 2.24) is 4.72 Å². The van der Waals surface area contributed by atoms with E-state index in [1.807, 2.05) is 0 Å². The third-order valence-corrected chi connectivity index (χ3v) is 3.40. The maximum atomic E-state index is 11.6. The van der Waals surface area contributed by atoms with E-state index in [0.29, 0.717) is 18.0 Å². The molecule has 5 heteroatoms. The van der Waals surface area contributed by atoms with Crippen molar-refractivity contribution in [2.75, 3.05) is 13.2 Å². The van der Waals surface area contributed by atoms with Crippen LogP contribution in [0.4, 0.5) is 0 Å². The van der Waals surface area contributed by atoms with Gasteiger partial charge in [-0.05, 0) is 12.1 Å². The molecular formula is C9H11NO3S. The summed E-state index contributed by atoms with van der Waals surface area (Å²) in [6.07, 6.45) is 0.0634. The van der Waals surface area contributed by atoms with Gasteiger partial charge in [0.1, 0.15) is 0 Å². The zero-order chi connectivity index (χ0) is 10.0. The van der Waals surface area contributed by atoms with E-state index in [-0.39, 0.29) is 6.10 Å². The Bertz CT molecular complexity index is 397. The third kappa shape index (κ3) is 2.31. The van der Waals surface area contributed by atoms with Gasteiger partial charge < -0.3 is 4.74 Å². The van der Waals surface area contributed by atoms with Gasteiger partial charge in [-0.2, -0.15) is 0 Å². The van der Waals surface area contributed by atoms with Crippen LogP contribution >= 0.6 is 0 Å². The lowest BCUT2D eigenvalue weighted by Gasteiger charge is -2.04. The lowest BCUT2D eigenvalue weighted by atomic mass is 10.4. The highest BCUT2D eigenvalue weighted by molar-refractivity contribution is 7.89. The van der Waals surface area contributed by atoms with Crippen molar-refractivity contribution in [2.24, 2.45) is 0 Å². The third-order valence-electron chi connectivity index (χ3n) is 1.96. The number of hydrogen-bond donors (Lipinski definition) is 1. The Morgan fingerprint density at radius 1 is 1.36 bits per heavy atom. The molecule has 0 bridgehead atoms. The second-order valence-electron chi connectivity index (χ2n) is 3.12. The van der Waals surface area contributed by atoms with E-state index in [2.05, 4.69) is 4.72 Å². The highest BCUT2D eigenvalue weighted by Crippen LogP contribution is 2.10. The highest BCUT2D eigenvalue weighted by atomic mass is 32.2. The fourth-order valence-electron chi connectivity index (χ4n) is 1.07. The molecule has 1 aliphatic heterocycles. The molecule has 14 heavy (non-hydrogen) atoms. The van der Waals surface area contributed by atoms with Gasteiger partial charge in [0, 0.05) is 6.54 Å². The molecule has 1 aromatic rings. The molecule has 0 aromatic heterocycles. The summed E-state index contributed by atoms with van der Waals surface area (Å²) in [4.78, 5) is 0.292. The molecule has 4 nitrogen and oxygen atoms in total. The molecule has 0 amide bonds. The van der Waals surface area contributed by atoms with Crippen LogP contribution in [0.3, 0.4) is 0 Å². The molecule has 1 unspecified atom stereocenters. The highest BCUT2D eigenvalue weighted by Gasteiger charge is 2.24. The van der Waals surface area contributed by atoms with Crippen LogP contribution in [0.15, 0.2) is 35.2 Å². The summed E-state index contributed by atoms with van der Waals surface area (Å²) in [6.45, 7) is 1.01. The van der Waals surface area contributed by atoms with E-state index in [0.717, 1.165) is 0 Å². The molecule has 1 aromatic carbocycles. The quantitative estimate of drug-likeness (QED) is 0.735. The van der Waals surface area contributed by atoms with Gasteiger partial charge in [0.25, 0.3) is 0 Å². The Morgan fingerprint density at radius 3 is 2.57 bits per heavy atom. The Balaban J connectivity index is 2.07. The van der Waals surface area contributed by atoms with Crippen molar-refractivity contribution >= 4 is 10.0 Å². The number of hydrogen-bond acceptors (Lipinski definition) is 3. The van der Waals surface area contributed by atoms with Gasteiger partial charge in [0.05, 0.1) is 17.6 Å². The van der Waals surface area contributed by atoms with E-state index in [1.54, 1.807) is 30.3 Å². The molecule has 0 aliphatic carbocycles. The smallest absolute Gasteiger partial charge is 0.240 e. The second-order valence-corrected chi connectivity index (χ2v) is 4.89. The van der Waals surface area contributed by atoms with Crippen LogP contribution in [0.2, 0.25) is 0 Å². The predicted molar refractivity (Wildman–Crippen MR) is 51.4 cm³/mol. The number of sulfonamides is 1. The molecule has 1 aliphatic rings. The molecule has 1 N–H and O–H groups in total. The van der Waals surface area contributed by atoms with Crippen LogP contribution in [-0.2, 0) is 14.8 Å². The van der Waals surface area contributed by atoms with Crippen LogP contribution in [0.1, 0.15) is 0 Å². The number of rotatable bonds is 4. The topological polar surface area (TPSA) is 58.7 Å². The second kappa shape index (κ2) is 3.68. The van der Waals surface area contributed by atoms with Crippen LogP contribution in [-0.4, -0.2) is 27.7 Å². The number of ether oxygens (including phenoxy) is 1. The molecule has 76 valence electrons. The van der Waals surface area contributed by atoms with Crippen LogP contribution in [0, 0.1) is 0 Å². The number of epoxide rings is 1. The van der Waals surface area contributed by atoms with Gasteiger partial charge in [-0.3, -0.25) is 0 Å². The first-order chi connectivity index (χ1) is 6.68. The first-order valence-corrected chi connectivity index (χ1v) is 5.83. The predicted octanol–water partition coefficient (Wildman–Crippen LogP) is 0.364. The molecule has 0 spiro atoms. The molecule has 1 saturated heterocycles. The van der Waals surface area contributed by atoms with E-state index < -0.39 is 10.0 Å². The normalized spacial score (nSPS) is 20.7. The van der Waals surface area contributed by atoms with E-state index >= 15 is 0 Å². The molecule has 1 atom stereocenters. The lowest BCUT2D eigenvalue weighted by Crippen LogP contribution is -2.27. The largest absolute Gasteiger partial charge is 0.372 e. The molecule has 0 radical (unpaired) electrons. The fourth-order valence-corrected chi connectivity index (χ4v) is 2.16. The Hall–Kier alpha value is -0.910. The summed E-state index contributed by atoms with van der Waals surface area (Å²) in [5, 5.41) is 0. The van der Waals surface area contributed by atoms with Gasteiger partial charge >= 0.3 is 0 Å². The van der Waals surface area contributed by atoms with Crippen molar-refractivity contribution in [3.63, 3.8) is 0 Å². The standard InChI is InChI=1S/C9H11NO3S/c11-14(12,10-6-8-7-13-8)9-4-2-1-3-5-9/h1-5,8,10H,6-7H2. The van der Waals surface area contributed by atoms with Crippen molar-refractivity contribution in [3.05, 3.63) is 30.3 Å². The van der Waals surface area contributed by atoms with Crippen LogP contribution < -0.4 is 4.72 Å². The Morgan fingerprint density at radius 2 is 2.00 bits per heavy atom. The molecule has 1 heterocycles. The van der Waals surface area contributed by atoms with Gasteiger partial charge in [-0.15, -0.1) is 0 Å². The van der Waals surface area contributed by atoms with Crippen molar-refractivity contribution in [1.29, 1.82) is 0 Å². The van der Waals surface area contributed by atoms with E-state index in [1.165, 1.54) is 0 Å². The van der Waals surface area contributed by atoms with Gasteiger partial charge in [-0.25, -0.2) is 13.1 Å². The summed E-state index contributed by atoms with van der Waals surface area (Å²) >= 11 is 0. The first-order valence-electron chi connectivity index (χ1n) is 4.35. The minimum absolute atomic E-state index is 0.0634. The molecular weight excluding hydrogens is 202 g/mol. The van der Waals surface area contributed by atoms with Crippen molar-refractivity contribution in [2.45, 2.75) is 11.0 Å². The summed E-state index contributed by atoms with van der Waals surface area (Å²) in [5.41, 5.74) is 0. The lowest BCUT2D eigenvalue weighted by molar-refractivity contribution is 0.406. The molecule has 2 rings (SSSR count). The zero-order valence-electron chi connectivity index (χ0n) is 7.51. The molecule has 1 fully saturated rings. The summed E-state index contributed by atoms with van der Waals surface area (Å²) in [7, 11) is -3.35. The van der Waals surface area contributed by atoms with E-state index in [4.69, 9.17) is 4.74 Å². The first kappa shape index (κ1) is 9.64. The maximum absolute atomic E-state index is 11.6. The summed E-state index contributed by atoms with van der Waals surface area (Å²) in [6, 6.07) is 8.31. The Kier molecular flexibility index (Phi) is 2.54. The average molecular weight is 213 g/mol. The molecule has 0 saturated carbocycles. The monoisotopic (exact) mass is 213 g/mol. The fraction of sp³-hybridized carbons (Fsp3) is 0.333. The van der Waals surface area contributed by atoms with Gasteiger partial charge in [-0.1, -0.05) is 18.2 Å². The van der Waals surface area contributed by atoms with Crippen molar-refractivity contribution < 1.29 is 13.2 Å². The zero-order valence-corrected chi connectivity index (χ0v) is 8.33. The van der Waals surface area contributed by atoms with E-state index in [9.17, 15) is 8.42 Å². The summed E-state index contributed by atoms with van der Waals surface area (Å²) < 4.78 is 30.6. The van der Waals surface area contributed by atoms with Gasteiger partial charge in [0.2, 0.25) is 10.0 Å². The van der Waals surface area contributed by atoms with Crippen LogP contribution in [0.5, 0.6) is 0 Å². The van der Waals surface area contributed by atoms with Gasteiger partial charge in [0.15, 0.2) is 0 Å². The van der Waals surface area contributed by atoms with Crippen LogP contribution in [0.25, 0.3) is 0 Å². The maximum Gasteiger partial charge on any atom is 0.240 e. The number of benzene rings is 1. The Labute approximate surface area is 82.9 Å².